The fraction of sp³-hybridized carbons (Fsp3) is 0.682. The summed E-state index contributed by atoms with van der Waals surface area (Å²) >= 11 is 0. The summed E-state index contributed by atoms with van der Waals surface area (Å²) in [4.78, 5) is 12.1. The van der Waals surface area contributed by atoms with Gasteiger partial charge in [0.25, 0.3) is 0 Å². The van der Waals surface area contributed by atoms with Crippen LogP contribution in [0.1, 0.15) is 78.2 Å². The molecule has 3 nitrogen and oxygen atoms in total. The smallest absolute Gasteiger partial charge is 0.344 e. The Labute approximate surface area is 153 Å². The molecule has 2 rings (SSSR count). The lowest BCUT2D eigenvalue weighted by molar-refractivity contribution is -0.162. The molecule has 0 unspecified atom stereocenters. The Kier molecular flexibility index (Phi) is 6.92. The fourth-order valence-corrected chi connectivity index (χ4v) is 4.29. The minimum absolute atomic E-state index is 0.0150. The van der Waals surface area contributed by atoms with Gasteiger partial charge in [0.2, 0.25) is 0 Å². The molecule has 3 heteroatoms. The molecule has 1 aromatic rings. The molecule has 0 N–H and O–H groups in total. The van der Waals surface area contributed by atoms with Gasteiger partial charge in [-0.15, -0.1) is 0 Å². The van der Waals surface area contributed by atoms with Crippen molar-refractivity contribution in [2.75, 3.05) is 6.61 Å². The number of carbonyl (C=O) groups excluding carboxylic acids is 1. The molecule has 0 aliphatic heterocycles. The van der Waals surface area contributed by atoms with E-state index in [0.29, 0.717) is 17.8 Å². The maximum Gasteiger partial charge on any atom is 0.344 e. The molecule has 0 heterocycles. The molecular weight excluding hydrogens is 312 g/mol. The number of hydrogen-bond donors (Lipinski definition) is 0. The third kappa shape index (κ3) is 5.23. The van der Waals surface area contributed by atoms with Crippen LogP contribution in [0, 0.1) is 11.8 Å². The number of ether oxygens (including phenoxy) is 2. The van der Waals surface area contributed by atoms with Crippen molar-refractivity contribution < 1.29 is 14.3 Å². The Morgan fingerprint density at radius 3 is 2.08 bits per heavy atom. The molecule has 0 amide bonds. The van der Waals surface area contributed by atoms with Gasteiger partial charge in [-0.25, -0.2) is 4.79 Å². The zero-order chi connectivity index (χ0) is 18.4. The van der Waals surface area contributed by atoms with Crippen LogP contribution in [0.25, 0.3) is 0 Å². The van der Waals surface area contributed by atoms with Gasteiger partial charge in [0, 0.05) is 0 Å². The Balaban J connectivity index is 1.90. The van der Waals surface area contributed by atoms with Crippen LogP contribution >= 0.6 is 0 Å². The van der Waals surface area contributed by atoms with E-state index in [-0.39, 0.29) is 18.2 Å². The van der Waals surface area contributed by atoms with Crippen LogP contribution in [0.3, 0.4) is 0 Å². The predicted molar refractivity (Wildman–Crippen MR) is 102 cm³/mol. The Morgan fingerprint density at radius 2 is 1.60 bits per heavy atom. The highest BCUT2D eigenvalue weighted by Gasteiger charge is 2.35. The molecule has 1 fully saturated rings. The molecule has 1 aliphatic rings. The van der Waals surface area contributed by atoms with Gasteiger partial charge >= 0.3 is 5.97 Å². The standard InChI is InChI=1S/C22H34O3/c1-6-22(13-7-8-14-22)25-20(23)15-24-19-11-9-18(10-12-19)21(16(2)3)17(4)5/h9-12,16-17,21H,6-8,13-15H2,1-5H3. The van der Waals surface area contributed by atoms with Gasteiger partial charge in [-0.3, -0.25) is 0 Å². The van der Waals surface area contributed by atoms with Crippen LogP contribution in [0.2, 0.25) is 0 Å². The normalized spacial score (nSPS) is 16.6. The van der Waals surface area contributed by atoms with Crippen LogP contribution in [0.15, 0.2) is 24.3 Å². The maximum absolute atomic E-state index is 12.1. The largest absolute Gasteiger partial charge is 0.482 e. The number of benzene rings is 1. The highest BCUT2D eigenvalue weighted by atomic mass is 16.6. The van der Waals surface area contributed by atoms with E-state index in [4.69, 9.17) is 9.47 Å². The van der Waals surface area contributed by atoms with Crippen molar-refractivity contribution in [2.24, 2.45) is 11.8 Å². The van der Waals surface area contributed by atoms with Gasteiger partial charge in [-0.2, -0.15) is 0 Å². The van der Waals surface area contributed by atoms with Crippen LogP contribution in [-0.2, 0) is 9.53 Å². The summed E-state index contributed by atoms with van der Waals surface area (Å²) in [5, 5.41) is 0. The molecule has 0 spiro atoms. The molecule has 1 saturated carbocycles. The number of carbonyl (C=O) groups is 1. The summed E-state index contributed by atoms with van der Waals surface area (Å²) in [6.07, 6.45) is 5.15. The quantitative estimate of drug-likeness (QED) is 0.564. The molecule has 0 aromatic heterocycles. The summed E-state index contributed by atoms with van der Waals surface area (Å²) in [5.74, 6) is 2.20. The minimum atomic E-state index is -0.255. The fourth-order valence-electron chi connectivity index (χ4n) is 4.29. The van der Waals surface area contributed by atoms with Crippen molar-refractivity contribution in [1.82, 2.24) is 0 Å². The van der Waals surface area contributed by atoms with Crippen molar-refractivity contribution >= 4 is 5.97 Å². The van der Waals surface area contributed by atoms with Crippen molar-refractivity contribution in [2.45, 2.75) is 78.2 Å². The molecule has 0 bridgehead atoms. The average molecular weight is 347 g/mol. The first-order valence-electron chi connectivity index (χ1n) is 9.81. The zero-order valence-electron chi connectivity index (χ0n) is 16.5. The van der Waals surface area contributed by atoms with Crippen LogP contribution < -0.4 is 4.74 Å². The van der Waals surface area contributed by atoms with Crippen LogP contribution in [0.4, 0.5) is 0 Å². The van der Waals surface area contributed by atoms with E-state index in [9.17, 15) is 4.79 Å². The monoisotopic (exact) mass is 346 g/mol. The van der Waals surface area contributed by atoms with Crippen LogP contribution in [-0.4, -0.2) is 18.2 Å². The maximum atomic E-state index is 12.1. The summed E-state index contributed by atoms with van der Waals surface area (Å²) in [7, 11) is 0. The van der Waals surface area contributed by atoms with Crippen molar-refractivity contribution in [3.05, 3.63) is 29.8 Å². The lowest BCUT2D eigenvalue weighted by Gasteiger charge is -2.27. The highest BCUT2D eigenvalue weighted by molar-refractivity contribution is 5.71. The first-order chi connectivity index (χ1) is 11.9. The molecule has 0 saturated heterocycles. The SMILES string of the molecule is CCC1(OC(=O)COc2ccc(C(C(C)C)C(C)C)cc2)CCCC1. The second-order valence-corrected chi connectivity index (χ2v) is 8.09. The molecule has 1 aliphatic carbocycles. The van der Waals surface area contributed by atoms with Gasteiger partial charge in [0.15, 0.2) is 6.61 Å². The van der Waals surface area contributed by atoms with E-state index in [2.05, 4.69) is 46.8 Å². The van der Waals surface area contributed by atoms with E-state index in [1.807, 2.05) is 12.1 Å². The number of rotatable bonds is 8. The Morgan fingerprint density at radius 1 is 1.04 bits per heavy atom. The van der Waals surface area contributed by atoms with Gasteiger partial charge < -0.3 is 9.47 Å². The van der Waals surface area contributed by atoms with E-state index in [0.717, 1.165) is 37.9 Å². The van der Waals surface area contributed by atoms with Gasteiger partial charge in [-0.05, 0) is 67.6 Å². The molecule has 25 heavy (non-hydrogen) atoms. The van der Waals surface area contributed by atoms with Crippen molar-refractivity contribution in [3.8, 4) is 5.75 Å². The topological polar surface area (TPSA) is 35.5 Å². The predicted octanol–water partition coefficient (Wildman–Crippen LogP) is 5.73. The van der Waals surface area contributed by atoms with E-state index < -0.39 is 0 Å². The zero-order valence-corrected chi connectivity index (χ0v) is 16.5. The minimum Gasteiger partial charge on any atom is -0.482 e. The molecule has 1 aromatic carbocycles. The highest BCUT2D eigenvalue weighted by Crippen LogP contribution is 2.36. The third-order valence-electron chi connectivity index (χ3n) is 5.55. The summed E-state index contributed by atoms with van der Waals surface area (Å²) in [6.45, 7) is 11.1. The summed E-state index contributed by atoms with van der Waals surface area (Å²) in [5.41, 5.74) is 1.09. The molecular formula is C22H34O3. The second kappa shape index (κ2) is 8.73. The number of hydrogen-bond acceptors (Lipinski definition) is 3. The Hall–Kier alpha value is -1.51. The van der Waals surface area contributed by atoms with E-state index in [1.165, 1.54) is 5.56 Å². The van der Waals surface area contributed by atoms with E-state index in [1.54, 1.807) is 0 Å². The average Bonchev–Trinajstić information content (AvgIpc) is 3.02. The lowest BCUT2D eigenvalue weighted by atomic mass is 9.80. The molecule has 0 radical (unpaired) electrons. The summed E-state index contributed by atoms with van der Waals surface area (Å²) in [6, 6.07) is 8.17. The van der Waals surface area contributed by atoms with Gasteiger partial charge in [-0.1, -0.05) is 46.8 Å². The van der Waals surface area contributed by atoms with Crippen LogP contribution in [0.5, 0.6) is 5.75 Å². The van der Waals surface area contributed by atoms with Gasteiger partial charge in [0.05, 0.1) is 0 Å². The third-order valence-corrected chi connectivity index (χ3v) is 5.55. The summed E-state index contributed by atoms with van der Waals surface area (Å²) < 4.78 is 11.4. The lowest BCUT2D eigenvalue weighted by Crippen LogP contribution is -2.33. The second-order valence-electron chi connectivity index (χ2n) is 8.09. The van der Waals surface area contributed by atoms with Gasteiger partial charge in [0.1, 0.15) is 11.4 Å². The van der Waals surface area contributed by atoms with Crippen molar-refractivity contribution in [1.29, 1.82) is 0 Å². The molecule has 140 valence electrons. The first-order valence-corrected chi connectivity index (χ1v) is 9.81. The van der Waals surface area contributed by atoms with E-state index >= 15 is 0 Å². The molecule has 0 atom stereocenters. The number of esters is 1. The Bertz CT molecular complexity index is 531. The van der Waals surface area contributed by atoms with Crippen molar-refractivity contribution in [3.63, 3.8) is 0 Å². The first kappa shape index (κ1) is 19.8.